The van der Waals surface area contributed by atoms with E-state index in [2.05, 4.69) is 10.1 Å². The molecule has 110 valence electrons. The van der Waals surface area contributed by atoms with Crippen LogP contribution in [0, 0.1) is 0 Å². The summed E-state index contributed by atoms with van der Waals surface area (Å²) in [6, 6.07) is 3.18. The molecule has 1 saturated carbocycles. The molecule has 0 radical (unpaired) electrons. The molecule has 0 bridgehead atoms. The molecule has 0 saturated heterocycles. The molecule has 1 N–H and O–H groups in total. The van der Waals surface area contributed by atoms with Crippen molar-refractivity contribution in [2.75, 3.05) is 13.4 Å². The van der Waals surface area contributed by atoms with Crippen molar-refractivity contribution >= 4 is 27.4 Å². The lowest BCUT2D eigenvalue weighted by molar-refractivity contribution is 0.0600. The number of sulfone groups is 1. The first kappa shape index (κ1) is 15.3. The minimum atomic E-state index is -3.41. The Kier molecular flexibility index (Phi) is 4.36. The SMILES string of the molecule is COC(=O)c1ccc(S(C)(=O)=O)c(CNC2CC2)c1Cl. The molecular formula is C13H16ClNO4S. The lowest BCUT2D eigenvalue weighted by Crippen LogP contribution is -2.19. The zero-order valence-corrected chi connectivity index (χ0v) is 12.8. The second-order valence-corrected chi connectivity index (χ2v) is 7.18. The van der Waals surface area contributed by atoms with Crippen molar-refractivity contribution in [3.05, 3.63) is 28.3 Å². The summed E-state index contributed by atoms with van der Waals surface area (Å²) >= 11 is 6.19. The van der Waals surface area contributed by atoms with Gasteiger partial charge in [0.15, 0.2) is 9.84 Å². The van der Waals surface area contributed by atoms with Gasteiger partial charge >= 0.3 is 5.97 Å². The van der Waals surface area contributed by atoms with Crippen molar-refractivity contribution in [1.29, 1.82) is 0 Å². The molecular weight excluding hydrogens is 302 g/mol. The van der Waals surface area contributed by atoms with E-state index >= 15 is 0 Å². The van der Waals surface area contributed by atoms with Gasteiger partial charge in [0.2, 0.25) is 0 Å². The van der Waals surface area contributed by atoms with Crippen LogP contribution in [0.2, 0.25) is 5.02 Å². The topological polar surface area (TPSA) is 72.5 Å². The number of halogens is 1. The van der Waals surface area contributed by atoms with Crippen molar-refractivity contribution < 1.29 is 17.9 Å². The van der Waals surface area contributed by atoms with Crippen molar-refractivity contribution in [3.8, 4) is 0 Å². The molecule has 0 aliphatic heterocycles. The van der Waals surface area contributed by atoms with Gasteiger partial charge in [-0.2, -0.15) is 0 Å². The van der Waals surface area contributed by atoms with Crippen LogP contribution in [0.4, 0.5) is 0 Å². The Morgan fingerprint density at radius 2 is 2.10 bits per heavy atom. The Morgan fingerprint density at radius 1 is 1.45 bits per heavy atom. The van der Waals surface area contributed by atoms with E-state index in [0.717, 1.165) is 19.1 Å². The van der Waals surface area contributed by atoms with Crippen LogP contribution in [0.3, 0.4) is 0 Å². The van der Waals surface area contributed by atoms with Crippen LogP contribution >= 0.6 is 11.6 Å². The molecule has 1 aliphatic carbocycles. The van der Waals surface area contributed by atoms with Crippen LogP contribution < -0.4 is 5.32 Å². The van der Waals surface area contributed by atoms with Gasteiger partial charge in [-0.15, -0.1) is 0 Å². The standard InChI is InChI=1S/C13H16ClNO4S/c1-19-13(16)9-5-6-11(20(2,17)18)10(12(9)14)7-15-8-3-4-8/h5-6,8,15H,3-4,7H2,1-2H3. The first-order valence-electron chi connectivity index (χ1n) is 6.17. The lowest BCUT2D eigenvalue weighted by atomic mass is 10.1. The minimum absolute atomic E-state index is 0.132. The van der Waals surface area contributed by atoms with Gasteiger partial charge in [0.1, 0.15) is 0 Å². The minimum Gasteiger partial charge on any atom is -0.465 e. The Hall–Kier alpha value is -1.11. The third-order valence-corrected chi connectivity index (χ3v) is 4.76. The van der Waals surface area contributed by atoms with Gasteiger partial charge in [0, 0.05) is 24.4 Å². The maximum absolute atomic E-state index is 11.8. The summed E-state index contributed by atoms with van der Waals surface area (Å²) in [6.45, 7) is 0.316. The molecule has 1 fully saturated rings. The van der Waals surface area contributed by atoms with E-state index in [4.69, 9.17) is 11.6 Å². The van der Waals surface area contributed by atoms with Crippen molar-refractivity contribution in [1.82, 2.24) is 5.32 Å². The molecule has 7 heteroatoms. The van der Waals surface area contributed by atoms with Gasteiger partial charge in [-0.3, -0.25) is 0 Å². The highest BCUT2D eigenvalue weighted by molar-refractivity contribution is 7.90. The molecule has 1 aromatic rings. The number of ether oxygens (including phenoxy) is 1. The van der Waals surface area contributed by atoms with Crippen molar-refractivity contribution in [2.45, 2.75) is 30.3 Å². The van der Waals surface area contributed by atoms with Crippen LogP contribution in [0.1, 0.15) is 28.8 Å². The summed E-state index contributed by atoms with van der Waals surface area (Å²) in [7, 11) is -2.15. The number of carbonyl (C=O) groups excluding carboxylic acids is 1. The Bertz CT molecular complexity index is 638. The third kappa shape index (κ3) is 3.31. The highest BCUT2D eigenvalue weighted by Gasteiger charge is 2.25. The van der Waals surface area contributed by atoms with E-state index in [-0.39, 0.29) is 15.5 Å². The van der Waals surface area contributed by atoms with E-state index < -0.39 is 15.8 Å². The first-order chi connectivity index (χ1) is 9.34. The molecule has 5 nitrogen and oxygen atoms in total. The van der Waals surface area contributed by atoms with Gasteiger partial charge in [-0.05, 0) is 25.0 Å². The van der Waals surface area contributed by atoms with E-state index in [0.29, 0.717) is 18.2 Å². The Balaban J connectivity index is 2.47. The molecule has 0 spiro atoms. The van der Waals surface area contributed by atoms with E-state index in [1.54, 1.807) is 0 Å². The predicted octanol–water partition coefficient (Wildman–Crippen LogP) is 1.78. The maximum Gasteiger partial charge on any atom is 0.339 e. The van der Waals surface area contributed by atoms with Crippen molar-refractivity contribution in [2.24, 2.45) is 0 Å². The van der Waals surface area contributed by atoms with Crippen molar-refractivity contribution in [3.63, 3.8) is 0 Å². The molecule has 1 aliphatic rings. The summed E-state index contributed by atoms with van der Waals surface area (Å²) in [6.07, 6.45) is 3.27. The van der Waals surface area contributed by atoms with E-state index in [1.165, 1.54) is 19.2 Å². The maximum atomic E-state index is 11.8. The molecule has 1 aromatic carbocycles. The Labute approximate surface area is 123 Å². The number of benzene rings is 1. The molecule has 0 amide bonds. The van der Waals surface area contributed by atoms with Crippen LogP contribution in [0.5, 0.6) is 0 Å². The zero-order valence-electron chi connectivity index (χ0n) is 11.3. The Morgan fingerprint density at radius 3 is 2.60 bits per heavy atom. The second kappa shape index (κ2) is 5.71. The summed E-state index contributed by atoms with van der Waals surface area (Å²) in [5.74, 6) is -0.581. The normalized spacial score (nSPS) is 15.2. The van der Waals surface area contributed by atoms with Crippen LogP contribution in [-0.4, -0.2) is 33.8 Å². The highest BCUT2D eigenvalue weighted by atomic mass is 35.5. The first-order valence-corrected chi connectivity index (χ1v) is 8.44. The van der Waals surface area contributed by atoms with E-state index in [1.807, 2.05) is 0 Å². The fourth-order valence-corrected chi connectivity index (χ4v) is 3.22. The predicted molar refractivity (Wildman–Crippen MR) is 75.8 cm³/mol. The fraction of sp³-hybridized carbons (Fsp3) is 0.462. The van der Waals surface area contributed by atoms with Crippen LogP contribution in [0.15, 0.2) is 17.0 Å². The number of hydrogen-bond donors (Lipinski definition) is 1. The van der Waals surface area contributed by atoms with Gasteiger partial charge in [0.05, 0.1) is 22.6 Å². The number of carbonyl (C=O) groups is 1. The summed E-state index contributed by atoms with van der Waals surface area (Å²) < 4.78 is 28.3. The molecule has 0 atom stereocenters. The average Bonchev–Trinajstić information content (AvgIpc) is 3.19. The van der Waals surface area contributed by atoms with Gasteiger partial charge in [-0.25, -0.2) is 13.2 Å². The number of rotatable bonds is 5. The molecule has 0 unspecified atom stereocenters. The number of esters is 1. The third-order valence-electron chi connectivity index (χ3n) is 3.15. The molecule has 2 rings (SSSR count). The van der Waals surface area contributed by atoms with Gasteiger partial charge < -0.3 is 10.1 Å². The molecule has 0 heterocycles. The monoisotopic (exact) mass is 317 g/mol. The van der Waals surface area contributed by atoms with Gasteiger partial charge in [0.25, 0.3) is 0 Å². The average molecular weight is 318 g/mol. The van der Waals surface area contributed by atoms with Crippen LogP contribution in [-0.2, 0) is 21.1 Å². The summed E-state index contributed by atoms with van der Waals surface area (Å²) in [4.78, 5) is 11.8. The summed E-state index contributed by atoms with van der Waals surface area (Å²) in [5, 5.41) is 3.34. The fourth-order valence-electron chi connectivity index (χ4n) is 1.92. The number of nitrogens with one attached hydrogen (secondary N) is 1. The highest BCUT2D eigenvalue weighted by Crippen LogP contribution is 2.29. The van der Waals surface area contributed by atoms with E-state index in [9.17, 15) is 13.2 Å². The molecule has 0 aromatic heterocycles. The largest absolute Gasteiger partial charge is 0.465 e. The lowest BCUT2D eigenvalue weighted by Gasteiger charge is -2.13. The van der Waals surface area contributed by atoms with Gasteiger partial charge in [-0.1, -0.05) is 11.6 Å². The van der Waals surface area contributed by atoms with Crippen LogP contribution in [0.25, 0.3) is 0 Å². The number of hydrogen-bond acceptors (Lipinski definition) is 5. The molecule has 20 heavy (non-hydrogen) atoms. The zero-order chi connectivity index (χ0) is 14.9. The quantitative estimate of drug-likeness (QED) is 0.838. The smallest absolute Gasteiger partial charge is 0.339 e. The number of methoxy groups -OCH3 is 1. The second-order valence-electron chi connectivity index (χ2n) is 4.82. The summed E-state index contributed by atoms with van der Waals surface area (Å²) in [5.41, 5.74) is 0.595.